The summed E-state index contributed by atoms with van der Waals surface area (Å²) >= 11 is 0. The van der Waals surface area contributed by atoms with Gasteiger partial charge in [-0.3, -0.25) is 4.89 Å². The van der Waals surface area contributed by atoms with Crippen LogP contribution in [0, 0.1) is 0 Å². The van der Waals surface area contributed by atoms with Crippen LogP contribution in [0.5, 0.6) is 0 Å². The van der Waals surface area contributed by atoms with Gasteiger partial charge in [0.1, 0.15) is 6.61 Å². The van der Waals surface area contributed by atoms with Crippen LogP contribution in [0.3, 0.4) is 0 Å². The Morgan fingerprint density at radius 1 is 1.11 bits per heavy atom. The lowest BCUT2D eigenvalue weighted by molar-refractivity contribution is -0.246. The first kappa shape index (κ1) is 14.7. The number of hydrogen-bond donors (Lipinski definition) is 0. The molecule has 1 rings (SSSR count). The van der Waals surface area contributed by atoms with Crippen LogP contribution >= 0.6 is 0 Å². The van der Waals surface area contributed by atoms with E-state index in [2.05, 4.69) is 25.7 Å². The molecule has 0 atom stereocenters. The van der Waals surface area contributed by atoms with Gasteiger partial charge in [-0.25, -0.2) is 4.79 Å². The van der Waals surface area contributed by atoms with Crippen molar-refractivity contribution in [3.05, 3.63) is 35.4 Å². The Morgan fingerprint density at radius 3 is 2.22 bits per heavy atom. The van der Waals surface area contributed by atoms with E-state index in [1.807, 2.05) is 12.1 Å². The molecule has 4 nitrogen and oxygen atoms in total. The van der Waals surface area contributed by atoms with Crippen molar-refractivity contribution in [3.63, 3.8) is 0 Å². The van der Waals surface area contributed by atoms with E-state index in [0.29, 0.717) is 12.2 Å². The van der Waals surface area contributed by atoms with Crippen LogP contribution in [0.1, 0.15) is 36.7 Å². The third-order valence-electron chi connectivity index (χ3n) is 2.49. The van der Waals surface area contributed by atoms with Gasteiger partial charge < -0.3 is 4.74 Å². The van der Waals surface area contributed by atoms with Gasteiger partial charge in [-0.2, -0.15) is 4.89 Å². The lowest BCUT2D eigenvalue weighted by Gasteiger charge is -2.18. The van der Waals surface area contributed by atoms with E-state index in [0.717, 1.165) is 0 Å². The summed E-state index contributed by atoms with van der Waals surface area (Å²) in [5, 5.41) is 0. The van der Waals surface area contributed by atoms with Crippen LogP contribution in [0.15, 0.2) is 24.3 Å². The normalized spacial score (nSPS) is 11.3. The molecule has 0 unspecified atom stereocenters. The minimum atomic E-state index is -0.494. The number of hydrogen-bond acceptors (Lipinski definition) is 4. The molecule has 0 N–H and O–H groups in total. The maximum Gasteiger partial charge on any atom is 0.373 e. The number of rotatable bonds is 5. The number of carbonyl (C=O) groups excluding carboxylic acids is 1. The molecule has 0 aliphatic rings. The fourth-order valence-electron chi connectivity index (χ4n) is 1.37. The highest BCUT2D eigenvalue weighted by Gasteiger charge is 2.15. The molecule has 18 heavy (non-hydrogen) atoms. The van der Waals surface area contributed by atoms with Crippen LogP contribution in [-0.4, -0.2) is 26.3 Å². The van der Waals surface area contributed by atoms with Crippen LogP contribution in [-0.2, 0) is 19.9 Å². The Labute approximate surface area is 108 Å². The number of methoxy groups -OCH3 is 1. The van der Waals surface area contributed by atoms with E-state index in [1.54, 1.807) is 19.2 Å². The van der Waals surface area contributed by atoms with Crippen LogP contribution in [0.4, 0.5) is 0 Å². The van der Waals surface area contributed by atoms with Crippen LogP contribution < -0.4 is 0 Å². The summed E-state index contributed by atoms with van der Waals surface area (Å²) in [6.07, 6.45) is 0. The molecular weight excluding hydrogens is 232 g/mol. The summed E-state index contributed by atoms with van der Waals surface area (Å²) in [7, 11) is 1.55. The van der Waals surface area contributed by atoms with E-state index < -0.39 is 5.97 Å². The van der Waals surface area contributed by atoms with Gasteiger partial charge in [0.2, 0.25) is 0 Å². The SMILES string of the molecule is COCCOOC(=O)c1ccc(C(C)(C)C)cc1. The molecule has 100 valence electrons. The van der Waals surface area contributed by atoms with Gasteiger partial charge in [0.25, 0.3) is 0 Å². The highest BCUT2D eigenvalue weighted by Crippen LogP contribution is 2.22. The largest absolute Gasteiger partial charge is 0.382 e. The van der Waals surface area contributed by atoms with E-state index in [1.165, 1.54) is 5.56 Å². The van der Waals surface area contributed by atoms with Crippen molar-refractivity contribution in [1.82, 2.24) is 0 Å². The third kappa shape index (κ3) is 4.47. The summed E-state index contributed by atoms with van der Waals surface area (Å²) in [6.45, 7) is 6.97. The Kier molecular flexibility index (Phi) is 5.31. The van der Waals surface area contributed by atoms with Gasteiger partial charge in [0, 0.05) is 7.11 Å². The summed E-state index contributed by atoms with van der Waals surface area (Å²) in [5.74, 6) is -0.494. The van der Waals surface area contributed by atoms with Crippen molar-refractivity contribution in [2.45, 2.75) is 26.2 Å². The smallest absolute Gasteiger partial charge is 0.373 e. The van der Waals surface area contributed by atoms with E-state index >= 15 is 0 Å². The monoisotopic (exact) mass is 252 g/mol. The second-order valence-corrected chi connectivity index (χ2v) is 5.01. The first-order valence-electron chi connectivity index (χ1n) is 5.88. The Morgan fingerprint density at radius 2 is 1.72 bits per heavy atom. The predicted molar refractivity (Wildman–Crippen MR) is 68.4 cm³/mol. The Hall–Kier alpha value is -1.39. The summed E-state index contributed by atoms with van der Waals surface area (Å²) < 4.78 is 4.77. The van der Waals surface area contributed by atoms with Crippen molar-refractivity contribution in [1.29, 1.82) is 0 Å². The lowest BCUT2D eigenvalue weighted by Crippen LogP contribution is -2.12. The van der Waals surface area contributed by atoms with Gasteiger partial charge in [-0.05, 0) is 23.1 Å². The third-order valence-corrected chi connectivity index (χ3v) is 2.49. The molecule has 0 heterocycles. The molecule has 0 fully saturated rings. The molecule has 1 aromatic carbocycles. The van der Waals surface area contributed by atoms with Gasteiger partial charge in [-0.15, -0.1) is 0 Å². The number of carbonyl (C=O) groups is 1. The van der Waals surface area contributed by atoms with Gasteiger partial charge in [-0.1, -0.05) is 32.9 Å². The molecule has 0 aliphatic carbocycles. The number of ether oxygens (including phenoxy) is 1. The topological polar surface area (TPSA) is 44.8 Å². The van der Waals surface area contributed by atoms with Crippen molar-refractivity contribution >= 4 is 5.97 Å². The lowest BCUT2D eigenvalue weighted by atomic mass is 9.87. The minimum absolute atomic E-state index is 0.0669. The highest BCUT2D eigenvalue weighted by molar-refractivity contribution is 5.88. The molecule has 1 aromatic rings. The fourth-order valence-corrected chi connectivity index (χ4v) is 1.37. The first-order valence-corrected chi connectivity index (χ1v) is 5.88. The number of benzene rings is 1. The highest BCUT2D eigenvalue weighted by atomic mass is 17.2. The Bertz CT molecular complexity index is 376. The van der Waals surface area contributed by atoms with Crippen LogP contribution in [0.2, 0.25) is 0 Å². The summed E-state index contributed by atoms with van der Waals surface area (Å²) in [5.41, 5.74) is 1.71. The van der Waals surface area contributed by atoms with Gasteiger partial charge >= 0.3 is 5.97 Å². The molecule has 4 heteroatoms. The molecule has 0 spiro atoms. The molecule has 0 amide bonds. The van der Waals surface area contributed by atoms with E-state index in [9.17, 15) is 4.79 Å². The second-order valence-electron chi connectivity index (χ2n) is 5.01. The van der Waals surface area contributed by atoms with Gasteiger partial charge in [0.05, 0.1) is 12.2 Å². The van der Waals surface area contributed by atoms with E-state index in [4.69, 9.17) is 9.62 Å². The van der Waals surface area contributed by atoms with Crippen molar-refractivity contribution in [2.75, 3.05) is 20.3 Å². The molecule has 0 saturated heterocycles. The molecule has 0 aromatic heterocycles. The standard InChI is InChI=1S/C14H20O4/c1-14(2,3)12-7-5-11(6-8-12)13(15)18-17-10-9-16-4/h5-8H,9-10H2,1-4H3. The Balaban J connectivity index is 2.54. The fraction of sp³-hybridized carbons (Fsp3) is 0.500. The minimum Gasteiger partial charge on any atom is -0.382 e. The average Bonchev–Trinajstić information content (AvgIpc) is 2.33. The predicted octanol–water partition coefficient (Wildman–Crippen LogP) is 2.72. The maximum absolute atomic E-state index is 11.6. The molecule has 0 saturated carbocycles. The average molecular weight is 252 g/mol. The molecule has 0 aliphatic heterocycles. The first-order chi connectivity index (χ1) is 8.45. The quantitative estimate of drug-likeness (QED) is 0.459. The zero-order chi connectivity index (χ0) is 13.6. The van der Waals surface area contributed by atoms with E-state index in [-0.39, 0.29) is 12.0 Å². The molecular formula is C14H20O4. The van der Waals surface area contributed by atoms with Crippen molar-refractivity contribution < 1.29 is 19.3 Å². The van der Waals surface area contributed by atoms with Crippen molar-refractivity contribution in [3.8, 4) is 0 Å². The summed E-state index contributed by atoms with van der Waals surface area (Å²) in [6, 6.07) is 7.32. The summed E-state index contributed by atoms with van der Waals surface area (Å²) in [4.78, 5) is 20.9. The van der Waals surface area contributed by atoms with Crippen molar-refractivity contribution in [2.24, 2.45) is 0 Å². The molecule has 0 bridgehead atoms. The second kappa shape index (κ2) is 6.52. The molecule has 0 radical (unpaired) electrons. The van der Waals surface area contributed by atoms with Gasteiger partial charge in [0.15, 0.2) is 0 Å². The zero-order valence-electron chi connectivity index (χ0n) is 11.4. The zero-order valence-corrected chi connectivity index (χ0v) is 11.4. The van der Waals surface area contributed by atoms with Crippen LogP contribution in [0.25, 0.3) is 0 Å². The maximum atomic E-state index is 11.6.